The third-order valence-corrected chi connectivity index (χ3v) is 3.40. The van der Waals surface area contributed by atoms with Crippen molar-refractivity contribution >= 4 is 12.0 Å². The number of hydrogen-bond donors (Lipinski definition) is 0. The van der Waals surface area contributed by atoms with E-state index in [2.05, 4.69) is 10.1 Å². The lowest BCUT2D eigenvalue weighted by molar-refractivity contribution is -0.139. The Morgan fingerprint density at radius 2 is 1.88 bits per heavy atom. The van der Waals surface area contributed by atoms with Gasteiger partial charge in [-0.05, 0) is 24.1 Å². The van der Waals surface area contributed by atoms with Crippen LogP contribution >= 0.6 is 0 Å². The summed E-state index contributed by atoms with van der Waals surface area (Å²) in [6.07, 6.45) is 3.06. The molecule has 0 radical (unpaired) electrons. The van der Waals surface area contributed by atoms with Crippen molar-refractivity contribution in [1.29, 1.82) is 0 Å². The van der Waals surface area contributed by atoms with E-state index in [0.29, 0.717) is 5.82 Å². The van der Waals surface area contributed by atoms with Crippen LogP contribution in [0.2, 0.25) is 0 Å². The van der Waals surface area contributed by atoms with Crippen molar-refractivity contribution in [2.45, 2.75) is 13.5 Å². The molecule has 0 aliphatic rings. The maximum atomic E-state index is 11.7. The molecule has 120 valence electrons. The molecule has 0 saturated carbocycles. The maximum absolute atomic E-state index is 11.7. The molecule has 3 aromatic rings. The van der Waals surface area contributed by atoms with E-state index >= 15 is 0 Å². The minimum Gasteiger partial charge on any atom is -0.452 e. The number of benzene rings is 2. The number of hydrogen-bond acceptors (Lipinski definition) is 5. The van der Waals surface area contributed by atoms with Gasteiger partial charge in [0.1, 0.15) is 0 Å². The average Bonchev–Trinajstić information content (AvgIpc) is 3.08. The molecule has 0 atom stereocenters. The first-order valence-corrected chi connectivity index (χ1v) is 7.51. The molecule has 0 aliphatic carbocycles. The van der Waals surface area contributed by atoms with E-state index in [4.69, 9.17) is 9.26 Å². The lowest BCUT2D eigenvalue weighted by Crippen LogP contribution is -2.01. The molecule has 0 bridgehead atoms. The van der Waals surface area contributed by atoms with Crippen molar-refractivity contribution in [3.63, 3.8) is 0 Å². The number of aromatic nitrogens is 2. The van der Waals surface area contributed by atoms with Crippen LogP contribution in [0.1, 0.15) is 17.0 Å². The van der Waals surface area contributed by atoms with Crippen LogP contribution in [-0.4, -0.2) is 16.1 Å². The molecule has 0 unspecified atom stereocenters. The molecule has 0 fully saturated rings. The second kappa shape index (κ2) is 7.37. The number of aryl methyl sites for hydroxylation is 1. The molecule has 3 rings (SSSR count). The number of carbonyl (C=O) groups excluding carboxylic acids is 1. The average molecular weight is 320 g/mol. The van der Waals surface area contributed by atoms with Crippen molar-refractivity contribution in [1.82, 2.24) is 10.1 Å². The molecule has 0 spiro atoms. The summed E-state index contributed by atoms with van der Waals surface area (Å²) < 4.78 is 10.2. The number of rotatable bonds is 5. The monoisotopic (exact) mass is 320 g/mol. The van der Waals surface area contributed by atoms with Gasteiger partial charge in [0.2, 0.25) is 5.82 Å². The van der Waals surface area contributed by atoms with Crippen molar-refractivity contribution in [2.24, 2.45) is 0 Å². The van der Waals surface area contributed by atoms with Crippen LogP contribution in [-0.2, 0) is 16.1 Å². The Hall–Kier alpha value is -3.21. The highest BCUT2D eigenvalue weighted by Crippen LogP contribution is 2.19. The minimum atomic E-state index is -0.463. The molecule has 0 aliphatic heterocycles. The van der Waals surface area contributed by atoms with Crippen LogP contribution in [0.5, 0.6) is 0 Å². The van der Waals surface area contributed by atoms with Crippen molar-refractivity contribution in [3.8, 4) is 11.4 Å². The van der Waals surface area contributed by atoms with Gasteiger partial charge in [-0.1, -0.05) is 59.8 Å². The molecule has 24 heavy (non-hydrogen) atoms. The molecule has 5 heteroatoms. The predicted molar refractivity (Wildman–Crippen MR) is 89.7 cm³/mol. The number of ether oxygens (including phenoxy) is 1. The zero-order chi connectivity index (χ0) is 16.8. The van der Waals surface area contributed by atoms with Crippen LogP contribution in [0.25, 0.3) is 17.5 Å². The van der Waals surface area contributed by atoms with Gasteiger partial charge in [0.05, 0.1) is 0 Å². The van der Waals surface area contributed by atoms with Crippen LogP contribution in [0.4, 0.5) is 0 Å². The van der Waals surface area contributed by atoms with E-state index in [-0.39, 0.29) is 12.5 Å². The highest BCUT2D eigenvalue weighted by molar-refractivity contribution is 5.86. The van der Waals surface area contributed by atoms with E-state index in [1.54, 1.807) is 6.08 Å². The zero-order valence-corrected chi connectivity index (χ0v) is 13.2. The fraction of sp³-hybridized carbons (Fsp3) is 0.105. The summed E-state index contributed by atoms with van der Waals surface area (Å²) in [4.78, 5) is 16.0. The van der Waals surface area contributed by atoms with E-state index in [9.17, 15) is 4.79 Å². The summed E-state index contributed by atoms with van der Waals surface area (Å²) in [5, 5.41) is 3.92. The Morgan fingerprint density at radius 3 is 2.67 bits per heavy atom. The van der Waals surface area contributed by atoms with Gasteiger partial charge < -0.3 is 9.26 Å². The van der Waals surface area contributed by atoms with Gasteiger partial charge in [-0.15, -0.1) is 0 Å². The third kappa shape index (κ3) is 3.95. The Labute approximate surface area is 139 Å². The SMILES string of the molecule is Cc1ccccc1-c1noc(COC(=O)/C=C/c2ccccc2)n1. The highest BCUT2D eigenvalue weighted by atomic mass is 16.6. The van der Waals surface area contributed by atoms with Gasteiger partial charge in [-0.3, -0.25) is 0 Å². The fourth-order valence-corrected chi connectivity index (χ4v) is 2.16. The Kier molecular flexibility index (Phi) is 4.81. The third-order valence-electron chi connectivity index (χ3n) is 3.40. The van der Waals surface area contributed by atoms with Crippen molar-refractivity contribution in [2.75, 3.05) is 0 Å². The van der Waals surface area contributed by atoms with E-state index in [1.165, 1.54) is 6.08 Å². The molecule has 2 aromatic carbocycles. The van der Waals surface area contributed by atoms with Crippen molar-refractivity contribution < 1.29 is 14.1 Å². The summed E-state index contributed by atoms with van der Waals surface area (Å²) in [6.45, 7) is 1.91. The van der Waals surface area contributed by atoms with Crippen LogP contribution in [0.15, 0.2) is 65.2 Å². The van der Waals surface area contributed by atoms with Crippen molar-refractivity contribution in [3.05, 3.63) is 77.7 Å². The Balaban J connectivity index is 1.59. The topological polar surface area (TPSA) is 65.2 Å². The smallest absolute Gasteiger partial charge is 0.331 e. The van der Waals surface area contributed by atoms with Gasteiger partial charge in [0.15, 0.2) is 6.61 Å². The minimum absolute atomic E-state index is 0.0587. The van der Waals surface area contributed by atoms with Gasteiger partial charge in [-0.25, -0.2) is 4.79 Å². The first-order valence-electron chi connectivity index (χ1n) is 7.51. The number of nitrogens with zero attached hydrogens (tertiary/aromatic N) is 2. The molecule has 0 N–H and O–H groups in total. The predicted octanol–water partition coefficient (Wildman–Crippen LogP) is 3.80. The fourth-order valence-electron chi connectivity index (χ4n) is 2.16. The first-order chi connectivity index (χ1) is 11.7. The van der Waals surface area contributed by atoms with Crippen LogP contribution < -0.4 is 0 Å². The summed E-state index contributed by atoms with van der Waals surface area (Å²) in [5.41, 5.74) is 2.87. The molecular weight excluding hydrogens is 304 g/mol. The summed E-state index contributed by atoms with van der Waals surface area (Å²) >= 11 is 0. The first kappa shape index (κ1) is 15.7. The lowest BCUT2D eigenvalue weighted by atomic mass is 10.1. The molecule has 1 aromatic heterocycles. The molecule has 0 saturated heterocycles. The largest absolute Gasteiger partial charge is 0.452 e. The molecule has 1 heterocycles. The maximum Gasteiger partial charge on any atom is 0.331 e. The summed E-state index contributed by atoms with van der Waals surface area (Å²) in [5.74, 6) is 0.281. The molecular formula is C19H16N2O3. The normalized spacial score (nSPS) is 10.9. The highest BCUT2D eigenvalue weighted by Gasteiger charge is 2.11. The quantitative estimate of drug-likeness (QED) is 0.528. The van der Waals surface area contributed by atoms with Gasteiger partial charge in [0.25, 0.3) is 5.89 Å². The van der Waals surface area contributed by atoms with Gasteiger partial charge >= 0.3 is 5.97 Å². The summed E-state index contributed by atoms with van der Waals surface area (Å²) in [6, 6.07) is 17.3. The van der Waals surface area contributed by atoms with Gasteiger partial charge in [0, 0.05) is 11.6 Å². The van der Waals surface area contributed by atoms with E-state index in [1.807, 2.05) is 61.5 Å². The van der Waals surface area contributed by atoms with Crippen LogP contribution in [0, 0.1) is 6.92 Å². The Bertz CT molecular complexity index is 854. The van der Waals surface area contributed by atoms with E-state index in [0.717, 1.165) is 16.7 Å². The second-order valence-electron chi connectivity index (χ2n) is 5.18. The number of esters is 1. The zero-order valence-electron chi connectivity index (χ0n) is 13.2. The van der Waals surface area contributed by atoms with Gasteiger partial charge in [-0.2, -0.15) is 4.98 Å². The lowest BCUT2D eigenvalue weighted by Gasteiger charge is -1.98. The Morgan fingerprint density at radius 1 is 1.12 bits per heavy atom. The molecule has 5 nitrogen and oxygen atoms in total. The van der Waals surface area contributed by atoms with Crippen LogP contribution in [0.3, 0.4) is 0 Å². The number of carbonyl (C=O) groups is 1. The standard InChI is InChI=1S/C19H16N2O3/c1-14-7-5-6-10-16(14)19-20-17(24-21-19)13-23-18(22)12-11-15-8-3-2-4-9-15/h2-12H,13H2,1H3/b12-11+. The second-order valence-corrected chi connectivity index (χ2v) is 5.18. The molecule has 0 amide bonds. The summed E-state index contributed by atoms with van der Waals surface area (Å²) in [7, 11) is 0. The van der Waals surface area contributed by atoms with E-state index < -0.39 is 5.97 Å².